The minimum absolute atomic E-state index is 0.0963. The zero-order chi connectivity index (χ0) is 33.1. The Bertz CT molecular complexity index is 747. The predicted molar refractivity (Wildman–Crippen MR) is 187 cm³/mol. The summed E-state index contributed by atoms with van der Waals surface area (Å²) >= 11 is 0. The largest absolute Gasteiger partial charge is 0.472 e. The third-order valence-electron chi connectivity index (χ3n) is 7.62. The van der Waals surface area contributed by atoms with Crippen LogP contribution in [0.25, 0.3) is 0 Å². The maximum atomic E-state index is 12.4. The second kappa shape index (κ2) is 34.3. The minimum Gasteiger partial charge on any atom is -0.457 e. The van der Waals surface area contributed by atoms with E-state index in [-0.39, 0.29) is 32.3 Å². The zero-order valence-electron chi connectivity index (χ0n) is 29.1. The molecular formula is C36H70NO7P. The molecule has 9 heteroatoms. The summed E-state index contributed by atoms with van der Waals surface area (Å²) in [5.74, 6) is -0.338. The van der Waals surface area contributed by atoms with E-state index in [4.69, 9.17) is 24.3 Å². The van der Waals surface area contributed by atoms with Gasteiger partial charge in [-0.15, -0.1) is 0 Å². The molecule has 0 rings (SSSR count). The van der Waals surface area contributed by atoms with Crippen molar-refractivity contribution in [1.29, 1.82) is 0 Å². The molecule has 0 aromatic rings. The Labute approximate surface area is 276 Å². The molecule has 0 amide bonds. The number of nitrogens with two attached hydrogens (primary N) is 1. The Balaban J connectivity index is 4.07. The number of allylic oxidation sites excluding steroid dienone is 4. The fourth-order valence-electron chi connectivity index (χ4n) is 4.91. The van der Waals surface area contributed by atoms with Crippen LogP contribution in [-0.4, -0.2) is 49.9 Å². The van der Waals surface area contributed by atoms with Crippen molar-refractivity contribution in [1.82, 2.24) is 0 Å². The fraction of sp³-hybridized carbons (Fsp3) is 0.861. The van der Waals surface area contributed by atoms with Crippen LogP contribution in [0.4, 0.5) is 0 Å². The number of carbonyl (C=O) groups is 1. The van der Waals surface area contributed by atoms with Gasteiger partial charge in [-0.25, -0.2) is 4.57 Å². The second-order valence-electron chi connectivity index (χ2n) is 12.1. The summed E-state index contributed by atoms with van der Waals surface area (Å²) < 4.78 is 33.2. The third kappa shape index (κ3) is 34.1. The van der Waals surface area contributed by atoms with Crippen LogP contribution in [0, 0.1) is 0 Å². The van der Waals surface area contributed by atoms with Gasteiger partial charge < -0.3 is 20.1 Å². The Morgan fingerprint density at radius 1 is 0.667 bits per heavy atom. The molecule has 0 heterocycles. The Morgan fingerprint density at radius 2 is 1.18 bits per heavy atom. The summed E-state index contributed by atoms with van der Waals surface area (Å²) in [5, 5.41) is 0. The molecule has 0 spiro atoms. The molecule has 0 aliphatic heterocycles. The molecule has 0 aromatic carbocycles. The molecule has 0 bridgehead atoms. The number of hydrogen-bond donors (Lipinski definition) is 2. The number of unbranched alkanes of at least 4 members (excludes halogenated alkanes) is 18. The highest BCUT2D eigenvalue weighted by Crippen LogP contribution is 2.43. The lowest BCUT2D eigenvalue weighted by Gasteiger charge is -2.20. The molecular weight excluding hydrogens is 589 g/mol. The van der Waals surface area contributed by atoms with Crippen LogP contribution in [0.1, 0.15) is 162 Å². The first-order valence-corrected chi connectivity index (χ1v) is 19.8. The summed E-state index contributed by atoms with van der Waals surface area (Å²) in [6, 6.07) is 0. The molecule has 0 aromatic heterocycles. The van der Waals surface area contributed by atoms with Crippen molar-refractivity contribution in [2.24, 2.45) is 5.73 Å². The van der Waals surface area contributed by atoms with Gasteiger partial charge in [0.1, 0.15) is 6.10 Å². The lowest BCUT2D eigenvalue weighted by atomic mass is 10.1. The van der Waals surface area contributed by atoms with Crippen molar-refractivity contribution >= 4 is 13.8 Å². The van der Waals surface area contributed by atoms with Crippen LogP contribution in [-0.2, 0) is 27.9 Å². The summed E-state index contributed by atoms with van der Waals surface area (Å²) in [6.07, 6.45) is 34.8. The average Bonchev–Trinajstić information content (AvgIpc) is 3.02. The smallest absolute Gasteiger partial charge is 0.457 e. The van der Waals surface area contributed by atoms with Crippen LogP contribution >= 0.6 is 7.82 Å². The molecule has 266 valence electrons. The molecule has 0 saturated carbocycles. The van der Waals surface area contributed by atoms with Gasteiger partial charge in [-0.2, -0.15) is 0 Å². The van der Waals surface area contributed by atoms with E-state index in [2.05, 4.69) is 38.2 Å². The van der Waals surface area contributed by atoms with E-state index in [1.165, 1.54) is 96.3 Å². The van der Waals surface area contributed by atoms with E-state index in [0.717, 1.165) is 44.9 Å². The molecule has 2 atom stereocenters. The normalized spacial score (nSPS) is 14.0. The van der Waals surface area contributed by atoms with E-state index >= 15 is 0 Å². The first-order chi connectivity index (χ1) is 21.9. The maximum Gasteiger partial charge on any atom is 0.472 e. The van der Waals surface area contributed by atoms with Gasteiger partial charge in [0.2, 0.25) is 0 Å². The average molecular weight is 660 g/mol. The highest BCUT2D eigenvalue weighted by Gasteiger charge is 2.25. The maximum absolute atomic E-state index is 12.4. The zero-order valence-corrected chi connectivity index (χ0v) is 30.0. The summed E-state index contributed by atoms with van der Waals surface area (Å²) in [6.45, 7) is 4.86. The first kappa shape index (κ1) is 44.0. The molecule has 8 nitrogen and oxygen atoms in total. The van der Waals surface area contributed by atoms with Gasteiger partial charge in [-0.1, -0.05) is 134 Å². The summed E-state index contributed by atoms with van der Waals surface area (Å²) in [4.78, 5) is 22.3. The third-order valence-corrected chi connectivity index (χ3v) is 8.61. The minimum atomic E-state index is -4.26. The van der Waals surface area contributed by atoms with Crippen LogP contribution in [0.5, 0.6) is 0 Å². The van der Waals surface area contributed by atoms with Gasteiger partial charge >= 0.3 is 13.8 Å². The SMILES string of the molecule is CCCCCC/C=C\C/C=C\CCCCCCCCOCC(COP(=O)(O)OCCN)OC(=O)CCCCCCCCCCC. The van der Waals surface area contributed by atoms with Crippen molar-refractivity contribution in [2.75, 3.05) is 33.0 Å². The fourth-order valence-corrected chi connectivity index (χ4v) is 5.67. The first-order valence-electron chi connectivity index (χ1n) is 18.3. The van der Waals surface area contributed by atoms with E-state index in [0.29, 0.717) is 13.0 Å². The van der Waals surface area contributed by atoms with Crippen molar-refractivity contribution in [3.05, 3.63) is 24.3 Å². The molecule has 0 aliphatic carbocycles. The summed E-state index contributed by atoms with van der Waals surface area (Å²) in [7, 11) is -4.26. The molecule has 0 fully saturated rings. The van der Waals surface area contributed by atoms with Gasteiger partial charge in [0.25, 0.3) is 0 Å². The number of ether oxygens (including phenoxy) is 2. The molecule has 3 N–H and O–H groups in total. The van der Waals surface area contributed by atoms with Crippen molar-refractivity contribution < 1.29 is 32.8 Å². The quantitative estimate of drug-likeness (QED) is 0.0299. The Morgan fingerprint density at radius 3 is 1.76 bits per heavy atom. The summed E-state index contributed by atoms with van der Waals surface area (Å²) in [5.41, 5.74) is 5.34. The van der Waals surface area contributed by atoms with Gasteiger partial charge in [-0.3, -0.25) is 13.8 Å². The van der Waals surface area contributed by atoms with Crippen LogP contribution < -0.4 is 5.73 Å². The van der Waals surface area contributed by atoms with E-state index < -0.39 is 13.9 Å². The molecule has 0 radical (unpaired) electrons. The lowest BCUT2D eigenvalue weighted by molar-refractivity contribution is -0.154. The van der Waals surface area contributed by atoms with E-state index in [9.17, 15) is 14.3 Å². The number of carbonyl (C=O) groups excluding carboxylic acids is 1. The van der Waals surface area contributed by atoms with Gasteiger partial charge in [0.05, 0.1) is 19.8 Å². The lowest BCUT2D eigenvalue weighted by Crippen LogP contribution is -2.28. The topological polar surface area (TPSA) is 117 Å². The predicted octanol–water partition coefficient (Wildman–Crippen LogP) is 10.1. The molecule has 45 heavy (non-hydrogen) atoms. The number of phosphoric acid groups is 1. The van der Waals surface area contributed by atoms with Crippen molar-refractivity contribution in [3.8, 4) is 0 Å². The monoisotopic (exact) mass is 659 g/mol. The van der Waals surface area contributed by atoms with Crippen LogP contribution in [0.15, 0.2) is 24.3 Å². The van der Waals surface area contributed by atoms with E-state index in [1.54, 1.807) is 0 Å². The van der Waals surface area contributed by atoms with Crippen LogP contribution in [0.2, 0.25) is 0 Å². The number of esters is 1. The Hall–Kier alpha value is -1.02. The number of hydrogen-bond acceptors (Lipinski definition) is 7. The Kier molecular flexibility index (Phi) is 33.5. The highest BCUT2D eigenvalue weighted by atomic mass is 31.2. The van der Waals surface area contributed by atoms with Gasteiger partial charge in [0.15, 0.2) is 0 Å². The molecule has 0 saturated heterocycles. The number of phosphoric ester groups is 1. The molecule has 0 aliphatic rings. The highest BCUT2D eigenvalue weighted by molar-refractivity contribution is 7.47. The van der Waals surface area contributed by atoms with Crippen LogP contribution in [0.3, 0.4) is 0 Å². The molecule has 2 unspecified atom stereocenters. The van der Waals surface area contributed by atoms with Crippen molar-refractivity contribution in [2.45, 2.75) is 168 Å². The van der Waals surface area contributed by atoms with Crippen molar-refractivity contribution in [3.63, 3.8) is 0 Å². The second-order valence-corrected chi connectivity index (χ2v) is 13.5. The van der Waals surface area contributed by atoms with E-state index in [1.807, 2.05) is 0 Å². The van der Waals surface area contributed by atoms with Gasteiger partial charge in [-0.05, 0) is 44.9 Å². The van der Waals surface area contributed by atoms with Gasteiger partial charge in [0, 0.05) is 19.6 Å². The number of rotatable bonds is 35. The standard InChI is InChI=1S/C36H70NO7P/c1-3-5-7-9-11-13-14-15-16-17-18-19-20-22-24-26-28-31-41-33-35(34-43-45(39,40)42-32-30-37)44-36(38)29-27-25-23-21-12-10-8-6-4-2/h13-14,16-17,35H,3-12,15,18-34,37H2,1-2H3,(H,39,40)/b14-13-,17-16-.